The fraction of sp³-hybridized carbons (Fsp3) is 0.280. The van der Waals surface area contributed by atoms with Crippen LogP contribution in [0.15, 0.2) is 77.7 Å². The molecule has 172 valence electrons. The molecule has 0 saturated carbocycles. The zero-order valence-corrected chi connectivity index (χ0v) is 19.1. The van der Waals surface area contributed by atoms with Crippen LogP contribution >= 0.6 is 0 Å². The van der Waals surface area contributed by atoms with Crippen LogP contribution in [0.5, 0.6) is 0 Å². The first-order chi connectivity index (χ1) is 16.0. The number of carbonyl (C=O) groups excluding carboxylic acids is 2. The number of carbonyl (C=O) groups is 2. The molecule has 1 heterocycles. The molecule has 0 spiro atoms. The number of hydrogen-bond acceptors (Lipinski definition) is 4. The molecule has 1 aliphatic rings. The molecule has 2 amide bonds. The SMILES string of the molecule is O=C(NCCCNC(=O)[C@H]1CCCN1S(=O)(=O)c1cccc2ccccc12)c1ccccc1. The van der Waals surface area contributed by atoms with E-state index in [1.807, 2.05) is 30.3 Å². The molecule has 2 N–H and O–H groups in total. The zero-order valence-electron chi connectivity index (χ0n) is 18.2. The molecule has 3 aromatic carbocycles. The highest BCUT2D eigenvalue weighted by Crippen LogP contribution is 2.30. The first-order valence-corrected chi connectivity index (χ1v) is 12.5. The van der Waals surface area contributed by atoms with Gasteiger partial charge in [-0.15, -0.1) is 0 Å². The number of amides is 2. The van der Waals surface area contributed by atoms with Gasteiger partial charge in [-0.25, -0.2) is 8.42 Å². The van der Waals surface area contributed by atoms with Crippen molar-refractivity contribution in [2.24, 2.45) is 0 Å². The Bertz CT molecular complexity index is 1240. The minimum absolute atomic E-state index is 0.162. The summed E-state index contributed by atoms with van der Waals surface area (Å²) in [6.45, 7) is 1.08. The molecule has 1 fully saturated rings. The van der Waals surface area contributed by atoms with Crippen molar-refractivity contribution in [2.75, 3.05) is 19.6 Å². The summed E-state index contributed by atoms with van der Waals surface area (Å²) in [5.41, 5.74) is 0.585. The average Bonchev–Trinajstić information content (AvgIpc) is 3.35. The Morgan fingerprint density at radius 2 is 1.58 bits per heavy atom. The lowest BCUT2D eigenvalue weighted by atomic mass is 10.1. The second-order valence-corrected chi connectivity index (χ2v) is 9.88. The number of sulfonamides is 1. The maximum absolute atomic E-state index is 13.4. The second kappa shape index (κ2) is 10.1. The van der Waals surface area contributed by atoms with E-state index in [-0.39, 0.29) is 16.7 Å². The number of hydrogen-bond donors (Lipinski definition) is 2. The predicted octanol–water partition coefficient (Wildman–Crippen LogP) is 2.93. The first-order valence-electron chi connectivity index (χ1n) is 11.1. The molecule has 0 aromatic heterocycles. The topological polar surface area (TPSA) is 95.6 Å². The normalized spacial score (nSPS) is 16.5. The van der Waals surface area contributed by atoms with Crippen molar-refractivity contribution in [3.05, 3.63) is 78.4 Å². The van der Waals surface area contributed by atoms with Gasteiger partial charge in [0.1, 0.15) is 6.04 Å². The average molecular weight is 466 g/mol. The van der Waals surface area contributed by atoms with Crippen LogP contribution in [-0.2, 0) is 14.8 Å². The largest absolute Gasteiger partial charge is 0.355 e. The van der Waals surface area contributed by atoms with Crippen LogP contribution < -0.4 is 10.6 Å². The van der Waals surface area contributed by atoms with E-state index in [2.05, 4.69) is 10.6 Å². The van der Waals surface area contributed by atoms with Crippen LogP contribution in [0.2, 0.25) is 0 Å². The summed E-state index contributed by atoms with van der Waals surface area (Å²) < 4.78 is 28.2. The van der Waals surface area contributed by atoms with Crippen molar-refractivity contribution in [1.82, 2.24) is 14.9 Å². The van der Waals surface area contributed by atoms with E-state index >= 15 is 0 Å². The fourth-order valence-corrected chi connectivity index (χ4v) is 6.02. The molecule has 7 nitrogen and oxygen atoms in total. The smallest absolute Gasteiger partial charge is 0.251 e. The highest BCUT2D eigenvalue weighted by Gasteiger charge is 2.39. The van der Waals surface area contributed by atoms with E-state index in [9.17, 15) is 18.0 Å². The molecule has 3 aromatic rings. The van der Waals surface area contributed by atoms with Crippen LogP contribution in [0, 0.1) is 0 Å². The van der Waals surface area contributed by atoms with Gasteiger partial charge in [0.15, 0.2) is 0 Å². The Morgan fingerprint density at radius 3 is 2.39 bits per heavy atom. The molecule has 33 heavy (non-hydrogen) atoms. The second-order valence-electron chi connectivity index (χ2n) is 8.02. The zero-order chi connectivity index (χ0) is 23.3. The van der Waals surface area contributed by atoms with Crippen LogP contribution in [0.4, 0.5) is 0 Å². The third-order valence-corrected chi connectivity index (χ3v) is 7.78. The maximum Gasteiger partial charge on any atom is 0.251 e. The number of nitrogens with one attached hydrogen (secondary N) is 2. The number of nitrogens with zero attached hydrogens (tertiary/aromatic N) is 1. The van der Waals surface area contributed by atoms with Gasteiger partial charge in [0.2, 0.25) is 15.9 Å². The fourth-order valence-electron chi connectivity index (χ4n) is 4.15. The Balaban J connectivity index is 1.35. The predicted molar refractivity (Wildman–Crippen MR) is 127 cm³/mol. The molecule has 0 radical (unpaired) electrons. The third kappa shape index (κ3) is 5.07. The van der Waals surface area contributed by atoms with Crippen molar-refractivity contribution < 1.29 is 18.0 Å². The summed E-state index contributed by atoms with van der Waals surface area (Å²) in [5, 5.41) is 7.15. The summed E-state index contributed by atoms with van der Waals surface area (Å²) in [4.78, 5) is 25.1. The lowest BCUT2D eigenvalue weighted by Crippen LogP contribution is -2.46. The van der Waals surface area contributed by atoms with Crippen LogP contribution in [0.25, 0.3) is 10.8 Å². The molecule has 1 aliphatic heterocycles. The van der Waals surface area contributed by atoms with Crippen molar-refractivity contribution in [1.29, 1.82) is 0 Å². The lowest BCUT2D eigenvalue weighted by molar-refractivity contribution is -0.124. The monoisotopic (exact) mass is 465 g/mol. The first kappa shape index (κ1) is 22.9. The standard InChI is InChI=1S/C25H27N3O4S/c29-24(20-10-2-1-3-11-20)26-16-8-17-27-25(30)22-14-7-18-28(22)33(31,32)23-15-6-12-19-9-4-5-13-21(19)23/h1-6,9-13,15,22H,7-8,14,16-18H2,(H,26,29)(H,27,30)/t22-/m1/s1. The quantitative estimate of drug-likeness (QED) is 0.500. The van der Waals surface area contributed by atoms with E-state index in [0.29, 0.717) is 49.8 Å². The van der Waals surface area contributed by atoms with Gasteiger partial charge in [0, 0.05) is 30.6 Å². The highest BCUT2D eigenvalue weighted by molar-refractivity contribution is 7.89. The number of benzene rings is 3. The molecule has 1 saturated heterocycles. The van der Waals surface area contributed by atoms with E-state index < -0.39 is 16.1 Å². The Labute approximate surface area is 193 Å². The van der Waals surface area contributed by atoms with E-state index in [1.54, 1.807) is 42.5 Å². The number of rotatable bonds is 8. The van der Waals surface area contributed by atoms with Gasteiger partial charge in [0.05, 0.1) is 4.90 Å². The Morgan fingerprint density at radius 1 is 0.879 bits per heavy atom. The summed E-state index contributed by atoms with van der Waals surface area (Å²) >= 11 is 0. The lowest BCUT2D eigenvalue weighted by Gasteiger charge is -2.24. The summed E-state index contributed by atoms with van der Waals surface area (Å²) in [6, 6.07) is 20.7. The molecular formula is C25H27N3O4S. The van der Waals surface area contributed by atoms with Gasteiger partial charge in [-0.1, -0.05) is 54.6 Å². The minimum atomic E-state index is -3.82. The van der Waals surface area contributed by atoms with E-state index in [0.717, 1.165) is 5.39 Å². The van der Waals surface area contributed by atoms with Crippen molar-refractivity contribution in [3.63, 3.8) is 0 Å². The van der Waals surface area contributed by atoms with Gasteiger partial charge >= 0.3 is 0 Å². The number of fused-ring (bicyclic) bond motifs is 1. The maximum atomic E-state index is 13.4. The Hall–Kier alpha value is -3.23. The van der Waals surface area contributed by atoms with E-state index in [1.165, 1.54) is 4.31 Å². The van der Waals surface area contributed by atoms with Gasteiger partial charge in [-0.2, -0.15) is 4.31 Å². The molecule has 0 unspecified atom stereocenters. The van der Waals surface area contributed by atoms with E-state index in [4.69, 9.17) is 0 Å². The summed E-state index contributed by atoms with van der Waals surface area (Å²) in [5.74, 6) is -0.462. The minimum Gasteiger partial charge on any atom is -0.355 e. The van der Waals surface area contributed by atoms with Crippen molar-refractivity contribution in [2.45, 2.75) is 30.2 Å². The van der Waals surface area contributed by atoms with Crippen LogP contribution in [0.1, 0.15) is 29.6 Å². The Kier molecular flexibility index (Phi) is 7.05. The molecule has 8 heteroatoms. The third-order valence-electron chi connectivity index (χ3n) is 5.82. The molecule has 4 rings (SSSR count). The van der Waals surface area contributed by atoms with Crippen molar-refractivity contribution >= 4 is 32.6 Å². The van der Waals surface area contributed by atoms with Gasteiger partial charge < -0.3 is 10.6 Å². The van der Waals surface area contributed by atoms with Gasteiger partial charge in [-0.3, -0.25) is 9.59 Å². The van der Waals surface area contributed by atoms with Crippen molar-refractivity contribution in [3.8, 4) is 0 Å². The van der Waals surface area contributed by atoms with Crippen LogP contribution in [0.3, 0.4) is 0 Å². The molecule has 0 aliphatic carbocycles. The van der Waals surface area contributed by atoms with Crippen LogP contribution in [-0.4, -0.2) is 50.2 Å². The van der Waals surface area contributed by atoms with Gasteiger partial charge in [-0.05, 0) is 42.8 Å². The summed E-state index contributed by atoms with van der Waals surface area (Å²) in [6.07, 6.45) is 1.67. The van der Waals surface area contributed by atoms with Gasteiger partial charge in [0.25, 0.3) is 5.91 Å². The summed E-state index contributed by atoms with van der Waals surface area (Å²) in [7, 11) is -3.82. The molecule has 1 atom stereocenters. The molecular weight excluding hydrogens is 438 g/mol. The molecule has 0 bridgehead atoms. The highest BCUT2D eigenvalue weighted by atomic mass is 32.2.